The summed E-state index contributed by atoms with van der Waals surface area (Å²) < 4.78 is 20.7. The molecular weight excluding hydrogens is 325 g/mol. The molecule has 0 bridgehead atoms. The third kappa shape index (κ3) is 4.54. The summed E-state index contributed by atoms with van der Waals surface area (Å²) in [6, 6.07) is 6.44. The number of nitrogens with one attached hydrogen (secondary N) is 1. The Labute approximate surface area is 145 Å². The van der Waals surface area contributed by atoms with Crippen LogP contribution in [0, 0.1) is 5.82 Å². The van der Waals surface area contributed by atoms with E-state index in [0.29, 0.717) is 6.54 Å². The first-order valence-electron chi connectivity index (χ1n) is 8.35. The predicted molar refractivity (Wildman–Crippen MR) is 89.7 cm³/mol. The van der Waals surface area contributed by atoms with Gasteiger partial charge in [-0.3, -0.25) is 4.79 Å². The van der Waals surface area contributed by atoms with Gasteiger partial charge < -0.3 is 15.0 Å². The van der Waals surface area contributed by atoms with E-state index >= 15 is 0 Å². The molecule has 1 aliphatic rings. The zero-order chi connectivity index (χ0) is 17.6. The molecule has 0 aliphatic carbocycles. The first kappa shape index (κ1) is 17.3. The van der Waals surface area contributed by atoms with Gasteiger partial charge in [-0.2, -0.15) is 5.10 Å². The fourth-order valence-corrected chi connectivity index (χ4v) is 2.75. The lowest BCUT2D eigenvalue weighted by atomic mass is 10.1. The number of para-hydroxylation sites is 1. The molecule has 25 heavy (non-hydrogen) atoms. The molecule has 134 valence electrons. The molecule has 1 amide bonds. The molecule has 0 saturated heterocycles. The Morgan fingerprint density at radius 3 is 3.16 bits per heavy atom. The Bertz CT molecular complexity index is 721. The Balaban J connectivity index is 1.37. The fourth-order valence-electron chi connectivity index (χ4n) is 2.75. The van der Waals surface area contributed by atoms with E-state index in [1.807, 2.05) is 4.68 Å². The van der Waals surface area contributed by atoms with Crippen molar-refractivity contribution in [3.05, 3.63) is 42.2 Å². The van der Waals surface area contributed by atoms with Crippen LogP contribution in [0.5, 0.6) is 5.75 Å². The third-order valence-electron chi connectivity index (χ3n) is 4.29. The molecule has 0 spiro atoms. The molecule has 2 heterocycles. The minimum atomic E-state index is -0.400. The Morgan fingerprint density at radius 2 is 2.32 bits per heavy atom. The number of likely N-dealkylation sites (N-methyl/N-ethyl adjacent to an activating group) is 1. The average molecular weight is 347 g/mol. The van der Waals surface area contributed by atoms with E-state index in [0.717, 1.165) is 25.2 Å². The second kappa shape index (κ2) is 8.06. The predicted octanol–water partition coefficient (Wildman–Crippen LogP) is 0.859. The second-order valence-corrected chi connectivity index (χ2v) is 6.07. The number of fused-ring (bicyclic) bond motifs is 1. The molecule has 7 nitrogen and oxygen atoms in total. The molecule has 0 radical (unpaired) electrons. The van der Waals surface area contributed by atoms with Crippen LogP contribution >= 0.6 is 0 Å². The van der Waals surface area contributed by atoms with Crippen molar-refractivity contribution in [3.63, 3.8) is 0 Å². The van der Waals surface area contributed by atoms with Crippen molar-refractivity contribution < 1.29 is 13.9 Å². The lowest BCUT2D eigenvalue weighted by Crippen LogP contribution is -2.44. The largest absolute Gasteiger partial charge is 0.489 e. The monoisotopic (exact) mass is 347 g/mol. The molecule has 1 atom stereocenters. The van der Waals surface area contributed by atoms with Gasteiger partial charge >= 0.3 is 0 Å². The number of ether oxygens (including phenoxy) is 1. The van der Waals surface area contributed by atoms with Gasteiger partial charge in [0.25, 0.3) is 0 Å². The molecule has 1 aromatic carbocycles. The number of aryl methyl sites for hydroxylation is 1. The highest BCUT2D eigenvalue weighted by Gasteiger charge is 2.20. The van der Waals surface area contributed by atoms with Gasteiger partial charge in [-0.05, 0) is 18.6 Å². The second-order valence-electron chi connectivity index (χ2n) is 6.07. The van der Waals surface area contributed by atoms with Crippen molar-refractivity contribution in [2.24, 2.45) is 0 Å². The van der Waals surface area contributed by atoms with Gasteiger partial charge in [-0.25, -0.2) is 14.1 Å². The van der Waals surface area contributed by atoms with Crippen molar-refractivity contribution in [3.8, 4) is 5.75 Å². The van der Waals surface area contributed by atoms with E-state index in [-0.39, 0.29) is 30.9 Å². The zero-order valence-electron chi connectivity index (χ0n) is 14.2. The van der Waals surface area contributed by atoms with E-state index in [1.165, 1.54) is 6.07 Å². The van der Waals surface area contributed by atoms with Crippen molar-refractivity contribution in [2.45, 2.75) is 25.4 Å². The van der Waals surface area contributed by atoms with Crippen LogP contribution in [0.1, 0.15) is 12.2 Å². The first-order chi connectivity index (χ1) is 12.1. The summed E-state index contributed by atoms with van der Waals surface area (Å²) in [6.07, 6.45) is 3.36. The van der Waals surface area contributed by atoms with Crippen LogP contribution in [-0.2, 0) is 17.8 Å². The quantitative estimate of drug-likeness (QED) is 0.804. The van der Waals surface area contributed by atoms with E-state index in [1.54, 1.807) is 36.5 Å². The Kier molecular flexibility index (Phi) is 5.60. The van der Waals surface area contributed by atoms with Crippen LogP contribution < -0.4 is 10.1 Å². The van der Waals surface area contributed by atoms with E-state index in [2.05, 4.69) is 15.4 Å². The number of hydrogen-bond acceptors (Lipinski definition) is 5. The molecule has 3 rings (SSSR count). The van der Waals surface area contributed by atoms with Gasteiger partial charge in [0.2, 0.25) is 5.91 Å². The maximum absolute atomic E-state index is 13.5. The van der Waals surface area contributed by atoms with Crippen LogP contribution in [-0.4, -0.2) is 58.4 Å². The van der Waals surface area contributed by atoms with E-state index in [9.17, 15) is 9.18 Å². The lowest BCUT2D eigenvalue weighted by molar-refractivity contribution is -0.129. The Morgan fingerprint density at radius 1 is 1.48 bits per heavy atom. The number of benzene rings is 1. The van der Waals surface area contributed by atoms with Crippen molar-refractivity contribution >= 4 is 5.91 Å². The smallest absolute Gasteiger partial charge is 0.236 e. The van der Waals surface area contributed by atoms with Gasteiger partial charge in [-0.15, -0.1) is 0 Å². The molecule has 2 aromatic rings. The summed E-state index contributed by atoms with van der Waals surface area (Å²) in [7, 11) is 1.71. The summed E-state index contributed by atoms with van der Waals surface area (Å²) in [5.41, 5.74) is 0. The maximum Gasteiger partial charge on any atom is 0.236 e. The number of rotatable bonds is 7. The van der Waals surface area contributed by atoms with Crippen LogP contribution in [0.25, 0.3) is 0 Å². The normalized spacial score (nSPS) is 16.3. The molecule has 8 heteroatoms. The third-order valence-corrected chi connectivity index (χ3v) is 4.29. The number of carbonyl (C=O) groups is 1. The van der Waals surface area contributed by atoms with E-state index in [4.69, 9.17) is 4.74 Å². The minimum Gasteiger partial charge on any atom is -0.489 e. The highest BCUT2D eigenvalue weighted by atomic mass is 19.1. The van der Waals surface area contributed by atoms with E-state index < -0.39 is 5.82 Å². The van der Waals surface area contributed by atoms with Gasteiger partial charge in [0, 0.05) is 19.5 Å². The van der Waals surface area contributed by atoms with Gasteiger partial charge in [-0.1, -0.05) is 12.1 Å². The first-order valence-corrected chi connectivity index (χ1v) is 8.35. The number of aromatic nitrogens is 3. The molecule has 1 unspecified atom stereocenters. The van der Waals surface area contributed by atoms with Gasteiger partial charge in [0.05, 0.1) is 19.6 Å². The fraction of sp³-hybridized carbons (Fsp3) is 0.471. The van der Waals surface area contributed by atoms with Crippen molar-refractivity contribution in [1.82, 2.24) is 25.0 Å². The van der Waals surface area contributed by atoms with Crippen LogP contribution in [0.2, 0.25) is 0 Å². The minimum absolute atomic E-state index is 0.0264. The zero-order valence-corrected chi connectivity index (χ0v) is 14.2. The average Bonchev–Trinajstić information content (AvgIpc) is 3.09. The molecule has 0 saturated carbocycles. The summed E-state index contributed by atoms with van der Waals surface area (Å²) in [4.78, 5) is 18.0. The van der Waals surface area contributed by atoms with Gasteiger partial charge in [0.15, 0.2) is 11.6 Å². The lowest BCUT2D eigenvalue weighted by Gasteiger charge is -2.25. The Hall–Kier alpha value is -2.48. The molecular formula is C17H22FN5O2. The van der Waals surface area contributed by atoms with Crippen LogP contribution in [0.3, 0.4) is 0 Å². The molecule has 1 aromatic heterocycles. The molecule has 1 N–H and O–H groups in total. The van der Waals surface area contributed by atoms with Crippen LogP contribution in [0.15, 0.2) is 30.6 Å². The van der Waals surface area contributed by atoms with Gasteiger partial charge in [0.1, 0.15) is 18.8 Å². The van der Waals surface area contributed by atoms with Crippen molar-refractivity contribution in [2.75, 3.05) is 26.7 Å². The number of halogens is 1. The number of amides is 1. The summed E-state index contributed by atoms with van der Waals surface area (Å²) >= 11 is 0. The molecule has 1 aliphatic heterocycles. The summed E-state index contributed by atoms with van der Waals surface area (Å²) in [5.74, 6) is 0.767. The summed E-state index contributed by atoms with van der Waals surface area (Å²) in [5, 5.41) is 7.44. The number of carbonyl (C=O) groups excluding carboxylic acids is 1. The number of nitrogens with zero attached hydrogens (tertiary/aromatic N) is 4. The number of hydrogen-bond donors (Lipinski definition) is 1. The maximum atomic E-state index is 13.5. The highest BCUT2D eigenvalue weighted by molar-refractivity contribution is 5.78. The SMILES string of the molecule is CN(CCOc1ccccc1F)C(=O)CNC1CCc2ncnn2C1. The van der Waals surface area contributed by atoms with Crippen LogP contribution in [0.4, 0.5) is 4.39 Å². The topological polar surface area (TPSA) is 72.3 Å². The highest BCUT2D eigenvalue weighted by Crippen LogP contribution is 2.15. The molecule has 0 fully saturated rings. The van der Waals surface area contributed by atoms with Crippen molar-refractivity contribution in [1.29, 1.82) is 0 Å². The standard InChI is InChI=1S/C17H22FN5O2/c1-22(8-9-25-15-5-3-2-4-14(15)18)17(24)10-19-13-6-7-16-20-12-21-23(16)11-13/h2-5,12-13,19H,6-11H2,1H3. The summed E-state index contributed by atoms with van der Waals surface area (Å²) in [6.45, 7) is 1.62.